The molecule has 0 spiro atoms. The quantitative estimate of drug-likeness (QED) is 0.845. The van der Waals surface area contributed by atoms with Crippen LogP contribution in [0.4, 0.5) is 5.69 Å². The second kappa shape index (κ2) is 5.15. The molecule has 1 unspecified atom stereocenters. The van der Waals surface area contributed by atoms with Crippen molar-refractivity contribution in [2.75, 3.05) is 5.73 Å². The van der Waals surface area contributed by atoms with Crippen LogP contribution in [-0.4, -0.2) is 4.21 Å². The fraction of sp³-hybridized carbons (Fsp3) is 0.143. The van der Waals surface area contributed by atoms with Gasteiger partial charge in [0.25, 0.3) is 0 Å². The SMILES string of the molecule is Cc1cccc(CS(=O)c2cccc(N)c2)c1. The lowest BCUT2D eigenvalue weighted by molar-refractivity contribution is 0.682. The normalized spacial score (nSPS) is 12.3. The Morgan fingerprint density at radius 1 is 1.12 bits per heavy atom. The van der Waals surface area contributed by atoms with Crippen LogP contribution in [-0.2, 0) is 16.6 Å². The lowest BCUT2D eigenvalue weighted by atomic mass is 10.2. The minimum Gasteiger partial charge on any atom is -0.399 e. The molecule has 2 nitrogen and oxygen atoms in total. The summed E-state index contributed by atoms with van der Waals surface area (Å²) in [5.74, 6) is 0.533. The first-order valence-corrected chi connectivity index (χ1v) is 6.76. The van der Waals surface area contributed by atoms with Gasteiger partial charge in [-0.25, -0.2) is 0 Å². The second-order valence-electron chi connectivity index (χ2n) is 4.05. The van der Waals surface area contributed by atoms with Crippen LogP contribution >= 0.6 is 0 Å². The van der Waals surface area contributed by atoms with Gasteiger partial charge in [-0.3, -0.25) is 4.21 Å². The maximum absolute atomic E-state index is 12.1. The van der Waals surface area contributed by atoms with E-state index in [9.17, 15) is 4.21 Å². The van der Waals surface area contributed by atoms with Crippen LogP contribution in [0.25, 0.3) is 0 Å². The first-order valence-electron chi connectivity index (χ1n) is 5.44. The molecular formula is C14H15NOS. The molecule has 2 aromatic carbocycles. The summed E-state index contributed by atoms with van der Waals surface area (Å²) in [4.78, 5) is 0.784. The molecule has 2 N–H and O–H groups in total. The van der Waals surface area contributed by atoms with Gasteiger partial charge in [0.1, 0.15) is 0 Å². The zero-order valence-electron chi connectivity index (χ0n) is 9.72. The predicted molar refractivity (Wildman–Crippen MR) is 72.1 cm³/mol. The summed E-state index contributed by atoms with van der Waals surface area (Å²) in [6, 6.07) is 15.3. The summed E-state index contributed by atoms with van der Waals surface area (Å²) in [5.41, 5.74) is 8.61. The van der Waals surface area contributed by atoms with Crippen molar-refractivity contribution in [2.24, 2.45) is 0 Å². The Bertz CT molecular complexity index is 551. The van der Waals surface area contributed by atoms with Gasteiger partial charge in [-0.15, -0.1) is 0 Å². The summed E-state index contributed by atoms with van der Waals surface area (Å²) < 4.78 is 12.1. The van der Waals surface area contributed by atoms with E-state index < -0.39 is 10.8 Å². The average molecular weight is 245 g/mol. The standard InChI is InChI=1S/C14H15NOS/c1-11-4-2-5-12(8-11)10-17(16)14-7-3-6-13(15)9-14/h2-9H,10,15H2,1H3. The van der Waals surface area contributed by atoms with Gasteiger partial charge < -0.3 is 5.73 Å². The highest BCUT2D eigenvalue weighted by atomic mass is 32.2. The second-order valence-corrected chi connectivity index (χ2v) is 5.50. The Morgan fingerprint density at radius 3 is 2.59 bits per heavy atom. The Balaban J connectivity index is 2.17. The van der Waals surface area contributed by atoms with Crippen molar-refractivity contribution in [3.8, 4) is 0 Å². The monoisotopic (exact) mass is 245 g/mol. The summed E-state index contributed by atoms with van der Waals surface area (Å²) in [5, 5.41) is 0. The van der Waals surface area contributed by atoms with Gasteiger partial charge in [0.2, 0.25) is 0 Å². The predicted octanol–water partition coefficient (Wildman–Crippen LogP) is 2.89. The maximum atomic E-state index is 12.1. The van der Waals surface area contributed by atoms with Gasteiger partial charge >= 0.3 is 0 Å². The topological polar surface area (TPSA) is 43.1 Å². The van der Waals surface area contributed by atoms with Crippen LogP contribution in [0.3, 0.4) is 0 Å². The average Bonchev–Trinajstić information content (AvgIpc) is 2.29. The number of hydrogen-bond donors (Lipinski definition) is 1. The Labute approximate surface area is 104 Å². The maximum Gasteiger partial charge on any atom is 0.0574 e. The zero-order chi connectivity index (χ0) is 12.3. The van der Waals surface area contributed by atoms with Crippen LogP contribution in [0.1, 0.15) is 11.1 Å². The van der Waals surface area contributed by atoms with E-state index in [1.165, 1.54) is 5.56 Å². The lowest BCUT2D eigenvalue weighted by Crippen LogP contribution is -1.97. The fourth-order valence-electron chi connectivity index (χ4n) is 1.69. The Kier molecular flexibility index (Phi) is 3.59. The number of aryl methyl sites for hydroxylation is 1. The van der Waals surface area contributed by atoms with Crippen LogP contribution in [0.5, 0.6) is 0 Å². The van der Waals surface area contributed by atoms with E-state index in [4.69, 9.17) is 5.73 Å². The van der Waals surface area contributed by atoms with Crippen molar-refractivity contribution < 1.29 is 4.21 Å². The molecular weight excluding hydrogens is 230 g/mol. The minimum absolute atomic E-state index is 0.533. The molecule has 3 heteroatoms. The molecule has 88 valence electrons. The van der Waals surface area contributed by atoms with Crippen LogP contribution < -0.4 is 5.73 Å². The third kappa shape index (κ3) is 3.17. The van der Waals surface area contributed by atoms with E-state index in [1.807, 2.05) is 37.3 Å². The van der Waals surface area contributed by atoms with E-state index in [0.29, 0.717) is 11.4 Å². The molecule has 0 bridgehead atoms. The van der Waals surface area contributed by atoms with E-state index >= 15 is 0 Å². The summed E-state index contributed by atoms with van der Waals surface area (Å²) in [7, 11) is -1.03. The number of benzene rings is 2. The molecule has 2 aromatic rings. The first kappa shape index (κ1) is 11.9. The molecule has 0 aliphatic heterocycles. The number of rotatable bonds is 3. The molecule has 0 heterocycles. The molecule has 1 atom stereocenters. The van der Waals surface area contributed by atoms with E-state index in [1.54, 1.807) is 12.1 Å². The summed E-state index contributed by atoms with van der Waals surface area (Å²) in [6.45, 7) is 2.03. The number of hydrogen-bond acceptors (Lipinski definition) is 2. The minimum atomic E-state index is -1.03. The third-order valence-corrected chi connectivity index (χ3v) is 3.88. The van der Waals surface area contributed by atoms with Gasteiger partial charge in [-0.1, -0.05) is 35.9 Å². The number of anilines is 1. The molecule has 0 aliphatic rings. The van der Waals surface area contributed by atoms with Gasteiger partial charge in [0.05, 0.1) is 16.6 Å². The van der Waals surface area contributed by atoms with Crippen molar-refractivity contribution in [2.45, 2.75) is 17.6 Å². The highest BCUT2D eigenvalue weighted by Crippen LogP contribution is 2.15. The van der Waals surface area contributed by atoms with Gasteiger partial charge in [-0.05, 0) is 30.7 Å². The van der Waals surface area contributed by atoms with Crippen molar-refractivity contribution >= 4 is 16.5 Å². The van der Waals surface area contributed by atoms with E-state index in [0.717, 1.165) is 10.5 Å². The molecule has 0 saturated carbocycles. The van der Waals surface area contributed by atoms with E-state index in [-0.39, 0.29) is 0 Å². The van der Waals surface area contributed by atoms with Crippen molar-refractivity contribution in [3.63, 3.8) is 0 Å². The Hall–Kier alpha value is -1.61. The van der Waals surface area contributed by atoms with Crippen LogP contribution in [0.2, 0.25) is 0 Å². The van der Waals surface area contributed by atoms with E-state index in [2.05, 4.69) is 6.07 Å². The zero-order valence-corrected chi connectivity index (χ0v) is 10.5. The smallest absolute Gasteiger partial charge is 0.0574 e. The molecule has 17 heavy (non-hydrogen) atoms. The molecule has 0 aliphatic carbocycles. The van der Waals surface area contributed by atoms with Crippen molar-refractivity contribution in [3.05, 3.63) is 59.7 Å². The van der Waals surface area contributed by atoms with Gasteiger partial charge in [-0.2, -0.15) is 0 Å². The fourth-order valence-corrected chi connectivity index (χ4v) is 2.84. The third-order valence-electron chi connectivity index (χ3n) is 2.50. The largest absolute Gasteiger partial charge is 0.399 e. The molecule has 0 amide bonds. The van der Waals surface area contributed by atoms with Crippen molar-refractivity contribution in [1.29, 1.82) is 0 Å². The molecule has 2 rings (SSSR count). The highest BCUT2D eigenvalue weighted by molar-refractivity contribution is 7.84. The lowest BCUT2D eigenvalue weighted by Gasteiger charge is -2.04. The van der Waals surface area contributed by atoms with Gasteiger partial charge in [0.15, 0.2) is 0 Å². The van der Waals surface area contributed by atoms with Crippen LogP contribution in [0, 0.1) is 6.92 Å². The highest BCUT2D eigenvalue weighted by Gasteiger charge is 2.05. The van der Waals surface area contributed by atoms with Gasteiger partial charge in [0, 0.05) is 10.6 Å². The first-order chi connectivity index (χ1) is 8.15. The molecule has 0 aromatic heterocycles. The molecule has 0 radical (unpaired) electrons. The van der Waals surface area contributed by atoms with Crippen molar-refractivity contribution in [1.82, 2.24) is 0 Å². The van der Waals surface area contributed by atoms with Crippen LogP contribution in [0.15, 0.2) is 53.4 Å². The summed E-state index contributed by atoms with van der Waals surface area (Å²) in [6.07, 6.45) is 0. The summed E-state index contributed by atoms with van der Waals surface area (Å²) >= 11 is 0. The number of nitrogen functional groups attached to an aromatic ring is 1. The number of nitrogens with two attached hydrogens (primary N) is 1. The Morgan fingerprint density at radius 2 is 1.88 bits per heavy atom. The molecule has 0 saturated heterocycles. The molecule has 0 fully saturated rings.